The number of benzene rings is 1. The van der Waals surface area contributed by atoms with Crippen LogP contribution in [-0.2, 0) is 4.79 Å². The van der Waals surface area contributed by atoms with Gasteiger partial charge in [0.2, 0.25) is 0 Å². The second-order valence-corrected chi connectivity index (χ2v) is 4.30. The van der Waals surface area contributed by atoms with Crippen LogP contribution in [0.1, 0.15) is 24.4 Å². The summed E-state index contributed by atoms with van der Waals surface area (Å²) in [6, 6.07) is 7.10. The van der Waals surface area contributed by atoms with Crippen molar-refractivity contribution >= 4 is 16.9 Å². The third kappa shape index (κ3) is 2.82. The summed E-state index contributed by atoms with van der Waals surface area (Å²) < 4.78 is 5.26. The summed E-state index contributed by atoms with van der Waals surface area (Å²) in [4.78, 5) is 14.9. The van der Waals surface area contributed by atoms with E-state index in [1.807, 2.05) is 24.3 Å². The van der Waals surface area contributed by atoms with Gasteiger partial charge < -0.3 is 15.6 Å². The minimum atomic E-state index is -0.841. The normalized spacial score (nSPS) is 12.3. The van der Waals surface area contributed by atoms with Crippen LogP contribution in [0.5, 0.6) is 5.75 Å². The zero-order valence-electron chi connectivity index (χ0n) is 10.7. The van der Waals surface area contributed by atoms with Gasteiger partial charge in [0.15, 0.2) is 0 Å². The highest BCUT2D eigenvalue weighted by atomic mass is 16.5. The van der Waals surface area contributed by atoms with Gasteiger partial charge in [-0.15, -0.1) is 0 Å². The van der Waals surface area contributed by atoms with Crippen LogP contribution >= 0.6 is 0 Å². The van der Waals surface area contributed by atoms with Crippen molar-refractivity contribution in [3.05, 3.63) is 36.0 Å². The predicted octanol–water partition coefficient (Wildman–Crippen LogP) is 2.11. The first-order valence-corrected chi connectivity index (χ1v) is 6.02. The number of nitrogens with two attached hydrogens (primary N) is 1. The van der Waals surface area contributed by atoms with Gasteiger partial charge in [0.25, 0.3) is 0 Å². The van der Waals surface area contributed by atoms with E-state index in [1.165, 1.54) is 0 Å². The average Bonchev–Trinajstić information content (AvgIpc) is 2.43. The second kappa shape index (κ2) is 5.67. The molecule has 0 bridgehead atoms. The lowest BCUT2D eigenvalue weighted by Gasteiger charge is -2.15. The van der Waals surface area contributed by atoms with Gasteiger partial charge in [-0.3, -0.25) is 9.78 Å². The van der Waals surface area contributed by atoms with Gasteiger partial charge in [-0.2, -0.15) is 0 Å². The number of hydrogen-bond donors (Lipinski definition) is 2. The van der Waals surface area contributed by atoms with E-state index in [9.17, 15) is 4.79 Å². The van der Waals surface area contributed by atoms with Crippen molar-refractivity contribution in [1.82, 2.24) is 4.98 Å². The lowest BCUT2D eigenvalue weighted by atomic mass is 9.98. The summed E-state index contributed by atoms with van der Waals surface area (Å²) in [5, 5.41) is 9.62. The van der Waals surface area contributed by atoms with Crippen molar-refractivity contribution in [3.63, 3.8) is 0 Å². The maximum absolute atomic E-state index is 10.6. The molecule has 1 aromatic carbocycles. The molecule has 0 spiro atoms. The zero-order chi connectivity index (χ0) is 13.8. The minimum absolute atomic E-state index is 0.0505. The SMILES string of the molecule is COc1ccc(C(N)CCC(=O)O)c2cccnc12. The van der Waals surface area contributed by atoms with Crippen molar-refractivity contribution in [2.75, 3.05) is 7.11 Å². The standard InChI is InChI=1S/C14H16N2O3/c1-19-12-6-4-9(11(15)5-7-13(17)18)10-3-2-8-16-14(10)12/h2-4,6,8,11H,5,7,15H2,1H3,(H,17,18). The summed E-state index contributed by atoms with van der Waals surface area (Å²) in [5.74, 6) is -0.156. The monoisotopic (exact) mass is 260 g/mol. The molecule has 0 aliphatic carbocycles. The van der Waals surface area contributed by atoms with Gasteiger partial charge in [-0.25, -0.2) is 0 Å². The Hall–Kier alpha value is -2.14. The zero-order valence-corrected chi connectivity index (χ0v) is 10.7. The van der Waals surface area contributed by atoms with Gasteiger partial charge in [0.1, 0.15) is 11.3 Å². The first-order chi connectivity index (χ1) is 9.13. The number of fused-ring (bicyclic) bond motifs is 1. The Labute approximate surface area is 111 Å². The van der Waals surface area contributed by atoms with Crippen LogP contribution in [0, 0.1) is 0 Å². The van der Waals surface area contributed by atoms with Crippen LogP contribution in [0.25, 0.3) is 10.9 Å². The molecule has 1 aromatic heterocycles. The number of carbonyl (C=O) groups is 1. The molecule has 0 fully saturated rings. The molecule has 5 nitrogen and oxygen atoms in total. The van der Waals surface area contributed by atoms with E-state index in [0.29, 0.717) is 12.2 Å². The molecular weight excluding hydrogens is 244 g/mol. The third-order valence-corrected chi connectivity index (χ3v) is 3.05. The largest absolute Gasteiger partial charge is 0.494 e. The van der Waals surface area contributed by atoms with Gasteiger partial charge in [0, 0.05) is 24.0 Å². The molecule has 5 heteroatoms. The molecule has 1 heterocycles. The van der Waals surface area contributed by atoms with E-state index < -0.39 is 5.97 Å². The molecule has 0 aliphatic rings. The molecule has 0 aliphatic heterocycles. The minimum Gasteiger partial charge on any atom is -0.494 e. The molecule has 0 saturated carbocycles. The van der Waals surface area contributed by atoms with E-state index in [2.05, 4.69) is 4.98 Å². The molecule has 0 radical (unpaired) electrons. The van der Waals surface area contributed by atoms with Crippen molar-refractivity contribution in [2.24, 2.45) is 5.73 Å². The van der Waals surface area contributed by atoms with Crippen LogP contribution in [0.4, 0.5) is 0 Å². The Kier molecular flexibility index (Phi) is 3.97. The number of hydrogen-bond acceptors (Lipinski definition) is 4. The maximum atomic E-state index is 10.6. The van der Waals surface area contributed by atoms with E-state index in [1.54, 1.807) is 13.3 Å². The van der Waals surface area contributed by atoms with Crippen LogP contribution < -0.4 is 10.5 Å². The van der Waals surface area contributed by atoms with E-state index in [4.69, 9.17) is 15.6 Å². The number of aliphatic carboxylic acids is 1. The molecule has 0 amide bonds. The van der Waals surface area contributed by atoms with E-state index in [0.717, 1.165) is 16.5 Å². The smallest absolute Gasteiger partial charge is 0.303 e. The van der Waals surface area contributed by atoms with Crippen LogP contribution in [0.3, 0.4) is 0 Å². The first kappa shape index (κ1) is 13.3. The van der Waals surface area contributed by atoms with Crippen LogP contribution in [0.15, 0.2) is 30.5 Å². The number of methoxy groups -OCH3 is 1. The average molecular weight is 260 g/mol. The summed E-state index contributed by atoms with van der Waals surface area (Å²) in [7, 11) is 1.59. The number of nitrogens with zero attached hydrogens (tertiary/aromatic N) is 1. The summed E-state index contributed by atoms with van der Waals surface area (Å²) >= 11 is 0. The number of pyridine rings is 1. The number of aromatic nitrogens is 1. The molecule has 100 valence electrons. The quantitative estimate of drug-likeness (QED) is 0.860. The highest BCUT2D eigenvalue weighted by Crippen LogP contribution is 2.30. The predicted molar refractivity (Wildman–Crippen MR) is 72.1 cm³/mol. The Morgan fingerprint density at radius 3 is 2.95 bits per heavy atom. The topological polar surface area (TPSA) is 85.4 Å². The molecule has 1 unspecified atom stereocenters. The van der Waals surface area contributed by atoms with Crippen molar-refractivity contribution in [1.29, 1.82) is 0 Å². The van der Waals surface area contributed by atoms with Crippen LogP contribution in [-0.4, -0.2) is 23.2 Å². The molecule has 19 heavy (non-hydrogen) atoms. The molecular formula is C14H16N2O3. The Balaban J connectivity index is 2.41. The summed E-state index contributed by atoms with van der Waals surface area (Å²) in [5.41, 5.74) is 7.71. The number of carboxylic acid groups (broad SMARTS) is 1. The first-order valence-electron chi connectivity index (χ1n) is 6.02. The van der Waals surface area contributed by atoms with Gasteiger partial charge in [-0.05, 0) is 24.1 Å². The lowest BCUT2D eigenvalue weighted by molar-refractivity contribution is -0.137. The Morgan fingerprint density at radius 1 is 1.47 bits per heavy atom. The molecule has 2 aromatic rings. The van der Waals surface area contributed by atoms with Gasteiger partial charge >= 0.3 is 5.97 Å². The van der Waals surface area contributed by atoms with Gasteiger partial charge in [0.05, 0.1) is 7.11 Å². The van der Waals surface area contributed by atoms with E-state index >= 15 is 0 Å². The highest BCUT2D eigenvalue weighted by Gasteiger charge is 2.14. The van der Waals surface area contributed by atoms with Crippen molar-refractivity contribution in [3.8, 4) is 5.75 Å². The summed E-state index contributed by atoms with van der Waals surface area (Å²) in [6.07, 6.45) is 2.14. The maximum Gasteiger partial charge on any atom is 0.303 e. The molecule has 2 rings (SSSR count). The number of rotatable bonds is 5. The molecule has 1 atom stereocenters. The van der Waals surface area contributed by atoms with Crippen molar-refractivity contribution < 1.29 is 14.6 Å². The Bertz CT molecular complexity index is 598. The third-order valence-electron chi connectivity index (χ3n) is 3.05. The highest BCUT2D eigenvalue weighted by molar-refractivity contribution is 5.87. The molecule has 3 N–H and O–H groups in total. The fourth-order valence-corrected chi connectivity index (χ4v) is 2.09. The number of carboxylic acids is 1. The van der Waals surface area contributed by atoms with E-state index in [-0.39, 0.29) is 12.5 Å². The van der Waals surface area contributed by atoms with Gasteiger partial charge in [-0.1, -0.05) is 12.1 Å². The fraction of sp³-hybridized carbons (Fsp3) is 0.286. The molecule has 0 saturated heterocycles. The van der Waals surface area contributed by atoms with Crippen LogP contribution in [0.2, 0.25) is 0 Å². The Morgan fingerprint density at radius 2 is 2.26 bits per heavy atom. The second-order valence-electron chi connectivity index (χ2n) is 4.30. The lowest BCUT2D eigenvalue weighted by Crippen LogP contribution is -2.13. The fourth-order valence-electron chi connectivity index (χ4n) is 2.09. The summed E-state index contributed by atoms with van der Waals surface area (Å²) in [6.45, 7) is 0. The number of ether oxygens (including phenoxy) is 1. The van der Waals surface area contributed by atoms with Crippen molar-refractivity contribution in [2.45, 2.75) is 18.9 Å².